The predicted molar refractivity (Wildman–Crippen MR) is 70.6 cm³/mol. The van der Waals surface area contributed by atoms with Crippen LogP contribution < -0.4 is 11.1 Å². The minimum atomic E-state index is -0.946. The Morgan fingerprint density at radius 2 is 2.00 bits per heavy atom. The summed E-state index contributed by atoms with van der Waals surface area (Å²) in [5, 5.41) is 14.4. The smallest absolute Gasteiger partial charge is 0.239 e. The number of nitrogens with two attached hydrogens (primary N) is 1. The van der Waals surface area contributed by atoms with Gasteiger partial charge >= 0.3 is 0 Å². The lowest BCUT2D eigenvalue weighted by atomic mass is 9.83. The summed E-state index contributed by atoms with van der Waals surface area (Å²) in [5.74, 6) is -0.514. The molecule has 1 rings (SSSR count). The van der Waals surface area contributed by atoms with E-state index < -0.39 is 5.41 Å². The number of likely N-dealkylation sites (N-methyl/N-ethyl adjacent to an activating group) is 2. The van der Waals surface area contributed by atoms with E-state index in [-0.39, 0.29) is 24.2 Å². The van der Waals surface area contributed by atoms with Crippen molar-refractivity contribution in [1.29, 1.82) is 0 Å². The van der Waals surface area contributed by atoms with E-state index in [1.54, 1.807) is 6.92 Å². The van der Waals surface area contributed by atoms with Gasteiger partial charge in [-0.15, -0.1) is 0 Å². The lowest BCUT2D eigenvalue weighted by molar-refractivity contribution is -0.141. The van der Waals surface area contributed by atoms with Gasteiger partial charge in [0.1, 0.15) is 5.41 Å². The van der Waals surface area contributed by atoms with Crippen LogP contribution in [0.15, 0.2) is 5.16 Å². The SMILES string of the molecule is CCN(CC(=O)NC)C(=O)C1(/C(N)=N/O)CCCC1. The molecule has 7 nitrogen and oxygen atoms in total. The third-order valence-corrected chi connectivity index (χ3v) is 3.75. The highest BCUT2D eigenvalue weighted by Crippen LogP contribution is 2.40. The molecule has 108 valence electrons. The summed E-state index contributed by atoms with van der Waals surface area (Å²) in [4.78, 5) is 25.5. The second kappa shape index (κ2) is 6.40. The van der Waals surface area contributed by atoms with Crippen molar-refractivity contribution < 1.29 is 14.8 Å². The molecule has 0 heterocycles. The highest BCUT2D eigenvalue weighted by Gasteiger charge is 2.47. The number of carbonyl (C=O) groups is 2. The van der Waals surface area contributed by atoms with Crippen molar-refractivity contribution >= 4 is 17.6 Å². The second-order valence-electron chi connectivity index (χ2n) is 4.77. The number of hydrogen-bond acceptors (Lipinski definition) is 4. The number of carbonyl (C=O) groups excluding carboxylic acids is 2. The van der Waals surface area contributed by atoms with Gasteiger partial charge in [0.25, 0.3) is 0 Å². The van der Waals surface area contributed by atoms with Gasteiger partial charge in [-0.1, -0.05) is 18.0 Å². The normalized spacial score (nSPS) is 18.1. The summed E-state index contributed by atoms with van der Waals surface area (Å²) in [6, 6.07) is 0. The number of amides is 2. The van der Waals surface area contributed by atoms with Crippen LogP contribution in [0.5, 0.6) is 0 Å². The molecule has 1 aliphatic carbocycles. The zero-order chi connectivity index (χ0) is 14.5. The van der Waals surface area contributed by atoms with Gasteiger partial charge in [-0.05, 0) is 19.8 Å². The zero-order valence-corrected chi connectivity index (χ0v) is 11.5. The van der Waals surface area contributed by atoms with Gasteiger partial charge in [-0.3, -0.25) is 9.59 Å². The van der Waals surface area contributed by atoms with E-state index in [9.17, 15) is 9.59 Å². The van der Waals surface area contributed by atoms with Crippen molar-refractivity contribution in [2.45, 2.75) is 32.6 Å². The van der Waals surface area contributed by atoms with E-state index in [0.29, 0.717) is 19.4 Å². The Morgan fingerprint density at radius 3 is 2.42 bits per heavy atom. The Morgan fingerprint density at radius 1 is 1.42 bits per heavy atom. The zero-order valence-electron chi connectivity index (χ0n) is 11.5. The fourth-order valence-corrected chi connectivity index (χ4v) is 2.54. The van der Waals surface area contributed by atoms with E-state index >= 15 is 0 Å². The summed E-state index contributed by atoms with van der Waals surface area (Å²) in [7, 11) is 1.52. The first-order valence-electron chi connectivity index (χ1n) is 6.49. The number of nitrogens with one attached hydrogen (secondary N) is 1. The van der Waals surface area contributed by atoms with Crippen LogP contribution in [0.2, 0.25) is 0 Å². The van der Waals surface area contributed by atoms with Crippen molar-refractivity contribution in [3.05, 3.63) is 0 Å². The van der Waals surface area contributed by atoms with Gasteiger partial charge in [0, 0.05) is 13.6 Å². The molecular formula is C12H22N4O3. The summed E-state index contributed by atoms with van der Waals surface area (Å²) in [6.07, 6.45) is 2.84. The molecule has 1 saturated carbocycles. The monoisotopic (exact) mass is 270 g/mol. The molecule has 7 heteroatoms. The second-order valence-corrected chi connectivity index (χ2v) is 4.77. The first-order chi connectivity index (χ1) is 9.01. The lowest BCUT2D eigenvalue weighted by Gasteiger charge is -2.32. The molecule has 1 aliphatic rings. The first kappa shape index (κ1) is 15.3. The van der Waals surface area contributed by atoms with Crippen LogP contribution in [0.1, 0.15) is 32.6 Å². The topological polar surface area (TPSA) is 108 Å². The Hall–Kier alpha value is -1.79. The van der Waals surface area contributed by atoms with E-state index in [2.05, 4.69) is 10.5 Å². The average Bonchev–Trinajstić information content (AvgIpc) is 2.93. The Bertz CT molecular complexity index is 375. The maximum Gasteiger partial charge on any atom is 0.239 e. The quantitative estimate of drug-likeness (QED) is 0.280. The number of hydrogen-bond donors (Lipinski definition) is 3. The fourth-order valence-electron chi connectivity index (χ4n) is 2.54. The number of oxime groups is 1. The van der Waals surface area contributed by atoms with E-state index in [1.807, 2.05) is 0 Å². The van der Waals surface area contributed by atoms with Crippen molar-refractivity contribution in [1.82, 2.24) is 10.2 Å². The van der Waals surface area contributed by atoms with E-state index in [1.165, 1.54) is 11.9 Å². The van der Waals surface area contributed by atoms with Crippen LogP contribution in [0.3, 0.4) is 0 Å². The third-order valence-electron chi connectivity index (χ3n) is 3.75. The summed E-state index contributed by atoms with van der Waals surface area (Å²) < 4.78 is 0. The van der Waals surface area contributed by atoms with Crippen molar-refractivity contribution in [3.8, 4) is 0 Å². The minimum Gasteiger partial charge on any atom is -0.409 e. The van der Waals surface area contributed by atoms with Crippen LogP contribution in [-0.2, 0) is 9.59 Å². The minimum absolute atomic E-state index is 0.00765. The van der Waals surface area contributed by atoms with Crippen LogP contribution in [-0.4, -0.2) is 47.9 Å². The van der Waals surface area contributed by atoms with Crippen LogP contribution in [0.4, 0.5) is 0 Å². The first-order valence-corrected chi connectivity index (χ1v) is 6.49. The maximum absolute atomic E-state index is 12.6. The maximum atomic E-state index is 12.6. The van der Waals surface area contributed by atoms with Gasteiger partial charge < -0.3 is 21.2 Å². The molecule has 0 bridgehead atoms. The largest absolute Gasteiger partial charge is 0.409 e. The average molecular weight is 270 g/mol. The molecule has 0 aromatic rings. The molecule has 19 heavy (non-hydrogen) atoms. The molecule has 0 saturated heterocycles. The van der Waals surface area contributed by atoms with Gasteiger partial charge in [0.2, 0.25) is 11.8 Å². The highest BCUT2D eigenvalue weighted by atomic mass is 16.4. The van der Waals surface area contributed by atoms with Crippen molar-refractivity contribution in [2.75, 3.05) is 20.1 Å². The molecule has 0 unspecified atom stereocenters. The van der Waals surface area contributed by atoms with Gasteiger partial charge in [0.05, 0.1) is 6.54 Å². The number of amidine groups is 1. The molecule has 0 radical (unpaired) electrons. The van der Waals surface area contributed by atoms with E-state index in [4.69, 9.17) is 10.9 Å². The van der Waals surface area contributed by atoms with Crippen LogP contribution >= 0.6 is 0 Å². The molecule has 0 spiro atoms. The number of rotatable bonds is 5. The Kier molecular flexibility index (Phi) is 5.14. The fraction of sp³-hybridized carbons (Fsp3) is 0.750. The number of nitrogens with zero attached hydrogens (tertiary/aromatic N) is 2. The Balaban J connectivity index is 2.95. The molecule has 0 atom stereocenters. The van der Waals surface area contributed by atoms with E-state index in [0.717, 1.165) is 12.8 Å². The van der Waals surface area contributed by atoms with Gasteiger partial charge in [-0.2, -0.15) is 0 Å². The molecule has 0 aliphatic heterocycles. The van der Waals surface area contributed by atoms with Crippen molar-refractivity contribution in [2.24, 2.45) is 16.3 Å². The summed E-state index contributed by atoms with van der Waals surface area (Å²) in [6.45, 7) is 2.20. The van der Waals surface area contributed by atoms with Crippen LogP contribution in [0.25, 0.3) is 0 Å². The highest BCUT2D eigenvalue weighted by molar-refractivity contribution is 6.07. The molecule has 0 aromatic carbocycles. The summed E-state index contributed by atoms with van der Waals surface area (Å²) >= 11 is 0. The molecule has 1 fully saturated rings. The predicted octanol–water partition coefficient (Wildman–Crippen LogP) is -0.112. The molecule has 4 N–H and O–H groups in total. The van der Waals surface area contributed by atoms with Crippen molar-refractivity contribution in [3.63, 3.8) is 0 Å². The third kappa shape index (κ3) is 2.97. The summed E-state index contributed by atoms with van der Waals surface area (Å²) in [5.41, 5.74) is 4.78. The van der Waals surface area contributed by atoms with Gasteiger partial charge in [0.15, 0.2) is 5.84 Å². The Labute approximate surface area is 112 Å². The molecule has 2 amide bonds. The standard InChI is InChI=1S/C12H22N4O3/c1-3-16(8-9(17)14-2)11(18)12(10(13)15-19)6-4-5-7-12/h19H,3-8H2,1-2H3,(H2,13,15)(H,14,17). The molecular weight excluding hydrogens is 248 g/mol. The lowest BCUT2D eigenvalue weighted by Crippen LogP contribution is -2.52. The van der Waals surface area contributed by atoms with Gasteiger partial charge in [-0.25, -0.2) is 0 Å². The van der Waals surface area contributed by atoms with Crippen LogP contribution in [0, 0.1) is 5.41 Å². The molecule has 0 aromatic heterocycles.